The first-order chi connectivity index (χ1) is 12.2. The first kappa shape index (κ1) is 16.6. The van der Waals surface area contributed by atoms with Crippen molar-refractivity contribution in [1.29, 1.82) is 5.26 Å². The molecule has 0 aliphatic rings. The fourth-order valence-corrected chi connectivity index (χ4v) is 2.20. The van der Waals surface area contributed by atoms with Gasteiger partial charge in [0.15, 0.2) is 0 Å². The molecule has 25 heavy (non-hydrogen) atoms. The Morgan fingerprint density at radius 1 is 1.04 bits per heavy atom. The van der Waals surface area contributed by atoms with Gasteiger partial charge in [-0.25, -0.2) is 4.68 Å². The fourth-order valence-electron chi connectivity index (χ4n) is 2.20. The molecule has 1 aromatic heterocycles. The lowest BCUT2D eigenvalue weighted by molar-refractivity contribution is 0.0626. The van der Waals surface area contributed by atoms with E-state index in [1.807, 2.05) is 42.6 Å². The number of aromatic nitrogens is 2. The summed E-state index contributed by atoms with van der Waals surface area (Å²) in [6.45, 7) is 0.212. The first-order valence-electron chi connectivity index (χ1n) is 7.78. The van der Waals surface area contributed by atoms with Gasteiger partial charge in [-0.15, -0.1) is 0 Å². The molecule has 0 amide bonds. The summed E-state index contributed by atoms with van der Waals surface area (Å²) < 4.78 is 12.8. The smallest absolute Gasteiger partial charge is 0.122 e. The average Bonchev–Trinajstić information content (AvgIpc) is 3.20. The molecule has 1 atom stereocenters. The summed E-state index contributed by atoms with van der Waals surface area (Å²) in [5.41, 5.74) is 1.44. The Morgan fingerprint density at radius 2 is 1.80 bits per heavy atom. The molecule has 0 radical (unpaired) electrons. The van der Waals surface area contributed by atoms with Gasteiger partial charge < -0.3 is 14.6 Å². The highest BCUT2D eigenvalue weighted by molar-refractivity contribution is 5.38. The second-order valence-electron chi connectivity index (χ2n) is 5.36. The van der Waals surface area contributed by atoms with Crippen LogP contribution in [-0.4, -0.2) is 34.2 Å². The molecule has 0 saturated heterocycles. The van der Waals surface area contributed by atoms with E-state index >= 15 is 0 Å². The second kappa shape index (κ2) is 7.99. The third-order valence-electron chi connectivity index (χ3n) is 3.45. The van der Waals surface area contributed by atoms with Gasteiger partial charge in [-0.3, -0.25) is 0 Å². The predicted molar refractivity (Wildman–Crippen MR) is 91.7 cm³/mol. The van der Waals surface area contributed by atoms with Gasteiger partial charge >= 0.3 is 0 Å². The maximum atomic E-state index is 10.0. The number of hydrogen-bond acceptors (Lipinski definition) is 5. The molecule has 1 unspecified atom stereocenters. The van der Waals surface area contributed by atoms with E-state index in [9.17, 15) is 5.11 Å². The highest BCUT2D eigenvalue weighted by Crippen LogP contribution is 2.17. The van der Waals surface area contributed by atoms with Crippen LogP contribution in [0.3, 0.4) is 0 Å². The minimum Gasteiger partial charge on any atom is -0.491 e. The minimum absolute atomic E-state index is 0.102. The van der Waals surface area contributed by atoms with Crippen molar-refractivity contribution in [1.82, 2.24) is 9.78 Å². The molecule has 3 aromatic rings. The average molecular weight is 335 g/mol. The molecule has 0 aliphatic carbocycles. The Kier molecular flexibility index (Phi) is 5.29. The van der Waals surface area contributed by atoms with Crippen molar-refractivity contribution in [2.24, 2.45) is 0 Å². The van der Waals surface area contributed by atoms with E-state index < -0.39 is 6.10 Å². The van der Waals surface area contributed by atoms with Crippen LogP contribution in [0.5, 0.6) is 11.5 Å². The van der Waals surface area contributed by atoms with Crippen molar-refractivity contribution < 1.29 is 14.6 Å². The largest absolute Gasteiger partial charge is 0.491 e. The summed E-state index contributed by atoms with van der Waals surface area (Å²) in [6.07, 6.45) is 2.78. The minimum atomic E-state index is -0.774. The highest BCUT2D eigenvalue weighted by Gasteiger charge is 2.08. The SMILES string of the molecule is N#Cc1ccc(OCC(O)COc2cccc(-n3cccn3)c2)cc1. The Balaban J connectivity index is 1.49. The number of hydrogen-bond donors (Lipinski definition) is 1. The molecule has 0 spiro atoms. The monoisotopic (exact) mass is 335 g/mol. The molecular weight excluding hydrogens is 318 g/mol. The molecule has 0 saturated carbocycles. The van der Waals surface area contributed by atoms with Crippen molar-refractivity contribution >= 4 is 0 Å². The van der Waals surface area contributed by atoms with Gasteiger partial charge in [0.25, 0.3) is 0 Å². The number of rotatable bonds is 7. The summed E-state index contributed by atoms with van der Waals surface area (Å²) in [7, 11) is 0. The van der Waals surface area contributed by atoms with Crippen LogP contribution in [0.25, 0.3) is 5.69 Å². The number of benzene rings is 2. The van der Waals surface area contributed by atoms with Gasteiger partial charge in [0.05, 0.1) is 17.3 Å². The molecule has 6 heteroatoms. The Bertz CT molecular complexity index is 839. The quantitative estimate of drug-likeness (QED) is 0.718. The zero-order chi connectivity index (χ0) is 17.5. The topological polar surface area (TPSA) is 80.3 Å². The van der Waals surface area contributed by atoms with Crippen LogP contribution < -0.4 is 9.47 Å². The lowest BCUT2D eigenvalue weighted by Gasteiger charge is -2.14. The van der Waals surface area contributed by atoms with Crippen LogP contribution in [0.1, 0.15) is 5.56 Å². The molecule has 0 aliphatic heterocycles. The van der Waals surface area contributed by atoms with E-state index in [2.05, 4.69) is 5.10 Å². The normalized spacial score (nSPS) is 11.5. The molecule has 2 aromatic carbocycles. The van der Waals surface area contributed by atoms with E-state index in [0.29, 0.717) is 17.1 Å². The van der Waals surface area contributed by atoms with Crippen molar-refractivity contribution in [3.05, 3.63) is 72.6 Å². The Morgan fingerprint density at radius 3 is 2.48 bits per heavy atom. The van der Waals surface area contributed by atoms with Crippen molar-refractivity contribution in [3.63, 3.8) is 0 Å². The Hall–Kier alpha value is -3.30. The summed E-state index contributed by atoms with van der Waals surface area (Å²) in [5.74, 6) is 1.24. The van der Waals surface area contributed by atoms with Crippen molar-refractivity contribution in [3.8, 4) is 23.3 Å². The van der Waals surface area contributed by atoms with Crippen LogP contribution in [-0.2, 0) is 0 Å². The predicted octanol–water partition coefficient (Wildman–Crippen LogP) is 2.56. The van der Waals surface area contributed by atoms with E-state index in [1.54, 1.807) is 35.1 Å². The van der Waals surface area contributed by atoms with Gasteiger partial charge in [-0.1, -0.05) is 6.07 Å². The molecule has 126 valence electrons. The van der Waals surface area contributed by atoms with Crippen LogP contribution in [0.4, 0.5) is 0 Å². The molecule has 0 bridgehead atoms. The van der Waals surface area contributed by atoms with Gasteiger partial charge in [0.1, 0.15) is 30.8 Å². The third kappa shape index (κ3) is 4.59. The lowest BCUT2D eigenvalue weighted by Crippen LogP contribution is -2.25. The van der Waals surface area contributed by atoms with E-state index in [-0.39, 0.29) is 13.2 Å². The van der Waals surface area contributed by atoms with Crippen LogP contribution >= 0.6 is 0 Å². The standard InChI is InChI=1S/C19H17N3O3/c20-12-15-5-7-18(8-6-15)24-13-17(23)14-25-19-4-1-3-16(11-19)22-10-2-9-21-22/h1-11,17,23H,13-14H2. The maximum absolute atomic E-state index is 10.0. The molecular formula is C19H17N3O3. The van der Waals surface area contributed by atoms with E-state index in [1.165, 1.54) is 0 Å². The first-order valence-corrected chi connectivity index (χ1v) is 7.78. The molecule has 1 heterocycles. The molecule has 6 nitrogen and oxygen atoms in total. The molecule has 3 rings (SSSR count). The summed E-state index contributed by atoms with van der Waals surface area (Å²) >= 11 is 0. The Labute approximate surface area is 145 Å². The number of nitrogens with zero attached hydrogens (tertiary/aromatic N) is 3. The highest BCUT2D eigenvalue weighted by atomic mass is 16.5. The summed E-state index contributed by atoms with van der Waals surface area (Å²) in [5, 5.41) is 22.9. The summed E-state index contributed by atoms with van der Waals surface area (Å²) in [4.78, 5) is 0. The fraction of sp³-hybridized carbons (Fsp3) is 0.158. The second-order valence-corrected chi connectivity index (χ2v) is 5.36. The van der Waals surface area contributed by atoms with Gasteiger partial charge in [-0.2, -0.15) is 10.4 Å². The van der Waals surface area contributed by atoms with Crippen LogP contribution in [0.15, 0.2) is 67.0 Å². The molecule has 1 N–H and O–H groups in total. The van der Waals surface area contributed by atoms with Crippen molar-refractivity contribution in [2.75, 3.05) is 13.2 Å². The van der Waals surface area contributed by atoms with Gasteiger partial charge in [0.2, 0.25) is 0 Å². The van der Waals surface area contributed by atoms with Crippen LogP contribution in [0, 0.1) is 11.3 Å². The molecule has 0 fully saturated rings. The van der Waals surface area contributed by atoms with Crippen LogP contribution in [0.2, 0.25) is 0 Å². The number of ether oxygens (including phenoxy) is 2. The number of nitriles is 1. The number of aliphatic hydroxyl groups excluding tert-OH is 1. The maximum Gasteiger partial charge on any atom is 0.122 e. The van der Waals surface area contributed by atoms with Crippen molar-refractivity contribution in [2.45, 2.75) is 6.10 Å². The van der Waals surface area contributed by atoms with E-state index in [0.717, 1.165) is 5.69 Å². The lowest BCUT2D eigenvalue weighted by atomic mass is 10.2. The third-order valence-corrected chi connectivity index (χ3v) is 3.45. The number of aliphatic hydroxyl groups is 1. The van der Waals surface area contributed by atoms with E-state index in [4.69, 9.17) is 14.7 Å². The summed E-state index contributed by atoms with van der Waals surface area (Å²) in [6, 6.07) is 18.1. The zero-order valence-corrected chi connectivity index (χ0v) is 13.4. The zero-order valence-electron chi connectivity index (χ0n) is 13.4. The van der Waals surface area contributed by atoms with Gasteiger partial charge in [0, 0.05) is 18.5 Å². The van der Waals surface area contributed by atoms with Gasteiger partial charge in [-0.05, 0) is 42.5 Å².